The van der Waals surface area contributed by atoms with Crippen molar-refractivity contribution in [2.75, 3.05) is 35.0 Å². The molecule has 71 heavy (non-hydrogen) atoms. The molecule has 0 spiro atoms. The first kappa shape index (κ1) is 65.2. The van der Waals surface area contributed by atoms with E-state index in [1.807, 2.05) is 82.3 Å². The number of benzene rings is 2. The van der Waals surface area contributed by atoms with E-state index in [9.17, 15) is 14.4 Å². The summed E-state index contributed by atoms with van der Waals surface area (Å²) in [6.07, 6.45) is 13.1. The summed E-state index contributed by atoms with van der Waals surface area (Å²) in [6.45, 7) is 27.6. The Morgan fingerprint density at radius 2 is 1.31 bits per heavy atom. The average molecular weight is 1010 g/mol. The number of carbonyl (C=O) groups excluding carboxylic acids is 3. The van der Waals surface area contributed by atoms with E-state index in [4.69, 9.17) is 37.6 Å². The average Bonchev–Trinajstić information content (AvgIpc) is 3.34. The molecule has 1 heterocycles. The molecule has 0 aliphatic carbocycles. The lowest BCUT2D eigenvalue weighted by atomic mass is 9.74. The van der Waals surface area contributed by atoms with Gasteiger partial charge in [-0.1, -0.05) is 148 Å². The highest BCUT2D eigenvalue weighted by Gasteiger charge is 2.60. The first-order valence-electron chi connectivity index (χ1n) is 26.0. The van der Waals surface area contributed by atoms with E-state index in [2.05, 4.69) is 59.0 Å². The summed E-state index contributed by atoms with van der Waals surface area (Å²) in [5, 5.41) is -0.0524. The van der Waals surface area contributed by atoms with Crippen LogP contribution in [0, 0.1) is 5.41 Å². The van der Waals surface area contributed by atoms with Crippen LogP contribution < -0.4 is 4.74 Å². The van der Waals surface area contributed by atoms with Gasteiger partial charge in [-0.15, -0.1) is 6.58 Å². The van der Waals surface area contributed by atoms with Crippen LogP contribution in [0.25, 0.3) is 0 Å². The van der Waals surface area contributed by atoms with Gasteiger partial charge >= 0.3 is 17.9 Å². The summed E-state index contributed by atoms with van der Waals surface area (Å²) in [6, 6.07) is 17.8. The quantitative estimate of drug-likeness (QED) is 0.0192. The van der Waals surface area contributed by atoms with Crippen LogP contribution in [0.1, 0.15) is 163 Å². The van der Waals surface area contributed by atoms with E-state index < -0.39 is 43.8 Å². The fourth-order valence-electron chi connectivity index (χ4n) is 7.75. The second kappa shape index (κ2) is 34.5. The van der Waals surface area contributed by atoms with Crippen LogP contribution in [0.2, 0.25) is 18.1 Å². The molecular weight excluding hydrogens is 917 g/mol. The molecule has 0 bridgehead atoms. The number of rotatable bonds is 29. The first-order chi connectivity index (χ1) is 33.6. The highest BCUT2D eigenvalue weighted by atomic mass is 28.4. The Bertz CT molecular complexity index is 1810. The molecule has 0 amide bonds. The Kier molecular flexibility index (Phi) is 31.7. The Hall–Kier alpha value is -3.85. The lowest BCUT2D eigenvalue weighted by Crippen LogP contribution is -2.65. The summed E-state index contributed by atoms with van der Waals surface area (Å²) in [5.41, 5.74) is 1.69. The molecule has 0 aromatic heterocycles. The van der Waals surface area contributed by atoms with Crippen LogP contribution >= 0.6 is 0 Å². The number of unbranched alkanes of at least 4 members (excludes halogenated alkanes) is 8. The van der Waals surface area contributed by atoms with Gasteiger partial charge in [0.1, 0.15) is 5.75 Å². The number of allylic oxidation sites excluding steroid dienone is 1. The molecule has 1 aliphatic heterocycles. The number of hydrogen-bond acceptors (Lipinski definition) is 12. The minimum atomic E-state index is -2.25. The lowest BCUT2D eigenvalue weighted by molar-refractivity contribution is -0.351. The Morgan fingerprint density at radius 1 is 0.775 bits per heavy atom. The monoisotopic (exact) mass is 1010 g/mol. The van der Waals surface area contributed by atoms with Crippen LogP contribution in [0.15, 0.2) is 78.9 Å². The fraction of sp³-hybridized carbons (Fsp3) is 0.672. The Balaban J connectivity index is 0.00000157. The molecule has 12 nitrogen and oxygen atoms in total. The molecule has 13 heteroatoms. The number of methoxy groups -OCH3 is 4. The van der Waals surface area contributed by atoms with Gasteiger partial charge in [0.2, 0.25) is 5.79 Å². The maximum absolute atomic E-state index is 13.7. The summed E-state index contributed by atoms with van der Waals surface area (Å²) in [7, 11) is 3.73. The molecule has 404 valence electrons. The van der Waals surface area contributed by atoms with Crippen molar-refractivity contribution in [2.45, 2.75) is 214 Å². The van der Waals surface area contributed by atoms with Crippen LogP contribution in [0.4, 0.5) is 0 Å². The SMILES string of the molecule is C=CC.CCCCCCCC(=O)OC.CCCCCCCC(=O)O[C@H]1/C(=C/C(=O)OC)C[C@@H](C[C@@H](OCc2ccc(OC)cc2)[C@@H](C)OCc2ccccc2)O[C@@]1(OC)C(C)(C)CO[Si](C)(C)C(C)(C)C. The predicted octanol–water partition coefficient (Wildman–Crippen LogP) is 13.8. The molecule has 2 aromatic carbocycles. The number of carbonyl (C=O) groups is 3. The van der Waals surface area contributed by atoms with Crippen LogP contribution in [0.3, 0.4) is 0 Å². The Morgan fingerprint density at radius 3 is 1.82 bits per heavy atom. The van der Waals surface area contributed by atoms with Crippen molar-refractivity contribution < 1.29 is 56.7 Å². The van der Waals surface area contributed by atoms with Gasteiger partial charge in [-0.25, -0.2) is 4.79 Å². The van der Waals surface area contributed by atoms with Crippen LogP contribution in [-0.2, 0) is 65.2 Å². The molecule has 1 saturated heterocycles. The van der Waals surface area contributed by atoms with Crippen molar-refractivity contribution in [2.24, 2.45) is 5.41 Å². The van der Waals surface area contributed by atoms with Crippen LogP contribution in [-0.4, -0.2) is 91.5 Å². The maximum Gasteiger partial charge on any atom is 0.330 e. The van der Waals surface area contributed by atoms with Gasteiger partial charge in [-0.3, -0.25) is 9.59 Å². The number of ether oxygens (including phenoxy) is 8. The zero-order valence-corrected chi connectivity index (χ0v) is 47.8. The van der Waals surface area contributed by atoms with E-state index in [-0.39, 0.29) is 42.5 Å². The second-order valence-corrected chi connectivity index (χ2v) is 25.4. The van der Waals surface area contributed by atoms with Gasteiger partial charge in [-0.2, -0.15) is 0 Å². The number of esters is 3. The summed E-state index contributed by atoms with van der Waals surface area (Å²) in [4.78, 5) is 37.4. The van der Waals surface area contributed by atoms with Crippen molar-refractivity contribution in [3.8, 4) is 5.75 Å². The predicted molar refractivity (Wildman–Crippen MR) is 288 cm³/mol. The fourth-order valence-corrected chi connectivity index (χ4v) is 8.90. The maximum atomic E-state index is 13.7. The highest BCUT2D eigenvalue weighted by Crippen LogP contribution is 2.49. The molecule has 5 atom stereocenters. The van der Waals surface area contributed by atoms with Crippen LogP contribution in [0.5, 0.6) is 5.75 Å². The molecule has 1 fully saturated rings. The number of hydrogen-bond donors (Lipinski definition) is 0. The van der Waals surface area contributed by atoms with E-state index in [0.717, 1.165) is 55.4 Å². The summed E-state index contributed by atoms with van der Waals surface area (Å²) < 4.78 is 55.0. The third-order valence-corrected chi connectivity index (χ3v) is 17.8. The second-order valence-electron chi connectivity index (χ2n) is 20.6. The molecule has 0 saturated carbocycles. The lowest BCUT2D eigenvalue weighted by Gasteiger charge is -2.54. The molecule has 1 aliphatic rings. The van der Waals surface area contributed by atoms with E-state index in [1.165, 1.54) is 39.6 Å². The largest absolute Gasteiger partial charge is 0.497 e. The van der Waals surface area contributed by atoms with E-state index >= 15 is 0 Å². The summed E-state index contributed by atoms with van der Waals surface area (Å²) >= 11 is 0. The van der Waals surface area contributed by atoms with Crippen molar-refractivity contribution in [1.82, 2.24) is 0 Å². The normalized spacial score (nSPS) is 18.4. The van der Waals surface area contributed by atoms with Crippen molar-refractivity contribution in [1.29, 1.82) is 0 Å². The van der Waals surface area contributed by atoms with E-state index in [1.54, 1.807) is 20.3 Å². The molecule has 0 N–H and O–H groups in total. The van der Waals surface area contributed by atoms with Gasteiger partial charge in [0.15, 0.2) is 14.4 Å². The van der Waals surface area contributed by atoms with Gasteiger partial charge in [0.25, 0.3) is 0 Å². The van der Waals surface area contributed by atoms with E-state index in [0.29, 0.717) is 38.0 Å². The van der Waals surface area contributed by atoms with Crippen molar-refractivity contribution >= 4 is 26.2 Å². The third kappa shape index (κ3) is 23.7. The van der Waals surface area contributed by atoms with Crippen molar-refractivity contribution in [3.63, 3.8) is 0 Å². The Labute approximate surface area is 431 Å². The first-order valence-corrected chi connectivity index (χ1v) is 28.9. The molecule has 0 unspecified atom stereocenters. The van der Waals surface area contributed by atoms with Gasteiger partial charge in [-0.05, 0) is 80.1 Å². The molecule has 3 rings (SSSR count). The standard InChI is InChI=1S/C46H72O10Si.C9H18O2.C3H6/c1-13-14-15-16-20-23-41(47)55-43-37(29-42(48)50-9)28-39(56-46(43,51-10)45(6,7)33-54-57(11,12)44(3,4)5)30-40(34(2)52-31-35-21-18-17-19-22-35)53-32-36-24-26-38(49-8)27-25-36;1-3-4-5-6-7-8-9(10)11-2;1-3-2/h17-19,21-22,24-27,29,34,39-40,43H,13-16,20,23,28,30-33H2,1-12H3;3-8H2,1-2H3;3H,1H2,2H3/b37-29+;;/t34-,39+,40-,43+,46-;;/m1../s1. The minimum Gasteiger partial charge on any atom is -0.497 e. The highest BCUT2D eigenvalue weighted by molar-refractivity contribution is 6.74. The zero-order valence-electron chi connectivity index (χ0n) is 46.8. The summed E-state index contributed by atoms with van der Waals surface area (Å²) in [5.74, 6) is -1.80. The minimum absolute atomic E-state index is 0.0524. The van der Waals surface area contributed by atoms with Crippen molar-refractivity contribution in [3.05, 3.63) is 90.0 Å². The topological polar surface area (TPSA) is 134 Å². The van der Waals surface area contributed by atoms with Gasteiger partial charge < -0.3 is 42.3 Å². The molecule has 2 aromatic rings. The third-order valence-electron chi connectivity index (χ3n) is 13.3. The smallest absolute Gasteiger partial charge is 0.330 e. The van der Waals surface area contributed by atoms with Gasteiger partial charge in [0, 0.05) is 44.5 Å². The van der Waals surface area contributed by atoms with Gasteiger partial charge in [0.05, 0.1) is 52.9 Å². The molecular formula is C58H96O12Si. The molecule has 0 radical (unpaired) electrons. The zero-order chi connectivity index (χ0) is 53.5.